The summed E-state index contributed by atoms with van der Waals surface area (Å²) in [6, 6.07) is 2.38. The first kappa shape index (κ1) is 13.4. The Labute approximate surface area is 107 Å². The van der Waals surface area contributed by atoms with Gasteiger partial charge in [0.05, 0.1) is 0 Å². The minimum atomic E-state index is 0.725. The minimum absolute atomic E-state index is 0.725. The first-order valence-corrected chi connectivity index (χ1v) is 7.80. The van der Waals surface area contributed by atoms with E-state index in [1.807, 2.05) is 0 Å². The molecule has 2 heteroatoms. The van der Waals surface area contributed by atoms with Crippen LogP contribution in [0, 0.1) is 0 Å². The van der Waals surface area contributed by atoms with E-state index in [1.54, 1.807) is 0 Å². The molecule has 2 atom stereocenters. The van der Waals surface area contributed by atoms with Crippen LogP contribution in [0.3, 0.4) is 0 Å². The summed E-state index contributed by atoms with van der Waals surface area (Å²) in [4.78, 5) is 2.83. The van der Waals surface area contributed by atoms with Crippen LogP contribution in [0.25, 0.3) is 0 Å². The van der Waals surface area contributed by atoms with Gasteiger partial charge in [0.2, 0.25) is 0 Å². The molecule has 0 amide bonds. The third kappa shape index (κ3) is 3.69. The summed E-state index contributed by atoms with van der Waals surface area (Å²) in [6.45, 7) is 7.24. The average molecular weight is 238 g/mol. The van der Waals surface area contributed by atoms with Crippen molar-refractivity contribution in [3.8, 4) is 0 Å². The summed E-state index contributed by atoms with van der Waals surface area (Å²) >= 11 is 0. The van der Waals surface area contributed by atoms with Crippen LogP contribution in [0.1, 0.15) is 65.2 Å². The van der Waals surface area contributed by atoms with Gasteiger partial charge in [-0.15, -0.1) is 0 Å². The fourth-order valence-corrected chi connectivity index (χ4v) is 3.53. The van der Waals surface area contributed by atoms with Crippen LogP contribution in [0.15, 0.2) is 0 Å². The van der Waals surface area contributed by atoms with Gasteiger partial charge in [-0.3, -0.25) is 4.90 Å². The van der Waals surface area contributed by atoms with Crippen molar-refractivity contribution in [2.75, 3.05) is 13.1 Å². The molecular formula is C15H30N2. The van der Waals surface area contributed by atoms with E-state index < -0.39 is 0 Å². The predicted octanol–water partition coefficient (Wildman–Crippen LogP) is 3.17. The summed E-state index contributed by atoms with van der Waals surface area (Å²) in [5.41, 5.74) is 0. The molecule has 100 valence electrons. The van der Waals surface area contributed by atoms with Crippen molar-refractivity contribution in [1.82, 2.24) is 10.2 Å². The van der Waals surface area contributed by atoms with Crippen molar-refractivity contribution in [3.63, 3.8) is 0 Å². The minimum Gasteiger partial charge on any atom is -0.313 e. The molecule has 17 heavy (non-hydrogen) atoms. The third-order valence-corrected chi connectivity index (χ3v) is 4.78. The summed E-state index contributed by atoms with van der Waals surface area (Å²) in [5, 5.41) is 3.70. The Bertz CT molecular complexity index is 209. The largest absolute Gasteiger partial charge is 0.313 e. The Hall–Kier alpha value is -0.0800. The van der Waals surface area contributed by atoms with Gasteiger partial charge in [-0.2, -0.15) is 0 Å². The molecule has 0 radical (unpaired) electrons. The van der Waals surface area contributed by atoms with Gasteiger partial charge in [0.15, 0.2) is 0 Å². The van der Waals surface area contributed by atoms with Gasteiger partial charge in [-0.05, 0) is 39.2 Å². The molecule has 0 spiro atoms. The van der Waals surface area contributed by atoms with Crippen LogP contribution >= 0.6 is 0 Å². The molecule has 0 aromatic carbocycles. The molecule has 2 fully saturated rings. The molecule has 1 saturated heterocycles. The molecule has 1 aliphatic heterocycles. The van der Waals surface area contributed by atoms with E-state index in [9.17, 15) is 0 Å². The van der Waals surface area contributed by atoms with Crippen LogP contribution in [0.5, 0.6) is 0 Å². The summed E-state index contributed by atoms with van der Waals surface area (Å²) < 4.78 is 0. The molecule has 0 aromatic heterocycles. The van der Waals surface area contributed by atoms with Crippen LogP contribution < -0.4 is 5.32 Å². The molecule has 1 heterocycles. The Kier molecular flexibility index (Phi) is 5.30. The van der Waals surface area contributed by atoms with Gasteiger partial charge in [0, 0.05) is 24.7 Å². The van der Waals surface area contributed by atoms with Gasteiger partial charge in [0.1, 0.15) is 0 Å². The number of rotatable bonds is 2. The Morgan fingerprint density at radius 3 is 2.41 bits per heavy atom. The monoisotopic (exact) mass is 238 g/mol. The number of nitrogens with zero attached hydrogens (tertiary/aromatic N) is 1. The highest BCUT2D eigenvalue weighted by Gasteiger charge is 2.28. The lowest BCUT2D eigenvalue weighted by Crippen LogP contribution is -2.45. The van der Waals surface area contributed by atoms with Gasteiger partial charge in [-0.25, -0.2) is 0 Å². The molecule has 1 saturated carbocycles. The maximum Gasteiger partial charge on any atom is 0.0192 e. The molecule has 1 aliphatic carbocycles. The fourth-order valence-electron chi connectivity index (χ4n) is 3.53. The van der Waals surface area contributed by atoms with E-state index >= 15 is 0 Å². The Morgan fingerprint density at radius 1 is 1.06 bits per heavy atom. The van der Waals surface area contributed by atoms with Crippen molar-refractivity contribution < 1.29 is 0 Å². The second-order valence-corrected chi connectivity index (χ2v) is 6.04. The maximum atomic E-state index is 3.70. The van der Waals surface area contributed by atoms with Gasteiger partial charge in [0.25, 0.3) is 0 Å². The third-order valence-electron chi connectivity index (χ3n) is 4.78. The molecule has 2 rings (SSSR count). The smallest absolute Gasteiger partial charge is 0.0192 e. The van der Waals surface area contributed by atoms with E-state index in [2.05, 4.69) is 24.1 Å². The highest BCUT2D eigenvalue weighted by molar-refractivity contribution is 4.85. The van der Waals surface area contributed by atoms with E-state index in [-0.39, 0.29) is 0 Å². The average Bonchev–Trinajstić information content (AvgIpc) is 2.69. The van der Waals surface area contributed by atoms with Crippen molar-refractivity contribution in [3.05, 3.63) is 0 Å². The molecule has 1 N–H and O–H groups in total. The van der Waals surface area contributed by atoms with Gasteiger partial charge < -0.3 is 5.32 Å². The lowest BCUT2D eigenvalue weighted by molar-refractivity contribution is 0.126. The maximum absolute atomic E-state index is 3.70. The zero-order chi connectivity index (χ0) is 12.1. The second-order valence-electron chi connectivity index (χ2n) is 6.04. The van der Waals surface area contributed by atoms with Crippen molar-refractivity contribution in [2.24, 2.45) is 0 Å². The van der Waals surface area contributed by atoms with Crippen molar-refractivity contribution >= 4 is 0 Å². The van der Waals surface area contributed by atoms with Crippen molar-refractivity contribution in [1.29, 1.82) is 0 Å². The molecule has 2 nitrogen and oxygen atoms in total. The molecule has 0 bridgehead atoms. The van der Waals surface area contributed by atoms with Crippen LogP contribution in [-0.2, 0) is 0 Å². The molecule has 0 aromatic rings. The molecular weight excluding hydrogens is 208 g/mol. The summed E-state index contributed by atoms with van der Waals surface area (Å²) in [5.74, 6) is 0. The van der Waals surface area contributed by atoms with E-state index in [0.717, 1.165) is 18.1 Å². The van der Waals surface area contributed by atoms with Crippen LogP contribution in [0.4, 0.5) is 0 Å². The second kappa shape index (κ2) is 6.75. The van der Waals surface area contributed by atoms with Gasteiger partial charge in [-0.1, -0.05) is 32.6 Å². The standard InChI is InChI=1S/C15H30N2/c1-3-14-12-17(13(2)10-11-16-14)15-8-6-4-5-7-9-15/h13-16H,3-12H2,1-2H3. The number of nitrogens with one attached hydrogen (secondary N) is 1. The zero-order valence-electron chi connectivity index (χ0n) is 11.8. The predicted molar refractivity (Wildman–Crippen MR) is 74.4 cm³/mol. The fraction of sp³-hybridized carbons (Fsp3) is 1.00. The highest BCUT2D eigenvalue weighted by Crippen LogP contribution is 2.25. The van der Waals surface area contributed by atoms with E-state index in [0.29, 0.717) is 0 Å². The normalized spacial score (nSPS) is 34.2. The first-order chi connectivity index (χ1) is 8.31. The lowest BCUT2D eigenvalue weighted by Gasteiger charge is -2.36. The van der Waals surface area contributed by atoms with E-state index in [4.69, 9.17) is 0 Å². The molecule has 2 unspecified atom stereocenters. The summed E-state index contributed by atoms with van der Waals surface area (Å²) in [7, 11) is 0. The SMILES string of the molecule is CCC1CN(C2CCCCCC2)C(C)CCN1. The van der Waals surface area contributed by atoms with E-state index in [1.165, 1.54) is 64.5 Å². The number of hydrogen-bond acceptors (Lipinski definition) is 2. The zero-order valence-corrected chi connectivity index (χ0v) is 11.8. The summed E-state index contributed by atoms with van der Waals surface area (Å²) in [6.07, 6.45) is 11.3. The van der Waals surface area contributed by atoms with Crippen LogP contribution in [-0.4, -0.2) is 36.1 Å². The Morgan fingerprint density at radius 2 is 1.76 bits per heavy atom. The Balaban J connectivity index is 1.98. The highest BCUT2D eigenvalue weighted by atomic mass is 15.2. The van der Waals surface area contributed by atoms with Crippen LogP contribution in [0.2, 0.25) is 0 Å². The molecule has 2 aliphatic rings. The topological polar surface area (TPSA) is 15.3 Å². The van der Waals surface area contributed by atoms with Crippen molar-refractivity contribution in [2.45, 2.75) is 83.3 Å². The first-order valence-electron chi connectivity index (χ1n) is 7.80. The lowest BCUT2D eigenvalue weighted by atomic mass is 10.0. The number of hydrogen-bond donors (Lipinski definition) is 1. The van der Waals surface area contributed by atoms with Gasteiger partial charge >= 0.3 is 0 Å². The quantitative estimate of drug-likeness (QED) is 0.743.